The lowest BCUT2D eigenvalue weighted by Gasteiger charge is -2.41. The molecule has 3 nitrogen and oxygen atoms in total. The molecule has 0 heterocycles. The van der Waals surface area contributed by atoms with Crippen LogP contribution >= 0.6 is 0 Å². The topological polar surface area (TPSA) is 32.3 Å². The Labute approximate surface area is 148 Å². The number of rotatable bonds is 6. The number of carbonyl (C=O) groups excluding carboxylic acids is 1. The fourth-order valence-corrected chi connectivity index (χ4v) is 3.58. The van der Waals surface area contributed by atoms with Crippen molar-refractivity contribution >= 4 is 5.91 Å². The third kappa shape index (κ3) is 3.59. The quantitative estimate of drug-likeness (QED) is 0.870. The second kappa shape index (κ2) is 7.36. The van der Waals surface area contributed by atoms with Crippen LogP contribution in [0.4, 0.5) is 4.39 Å². The summed E-state index contributed by atoms with van der Waals surface area (Å²) < 4.78 is 13.2. The number of likely N-dealkylation sites (N-methyl/N-ethyl adjacent to an activating group) is 1. The minimum atomic E-state index is -0.499. The smallest absolute Gasteiger partial charge is 0.230 e. The molecule has 1 saturated carbocycles. The standard InChI is InChI=1S/C21H25FN2O/c1-24(2)19(16-7-4-3-5-8-16)15-23-20(25)21(13-6-14-21)17-9-11-18(22)12-10-17/h3-5,7-12,19H,6,13-15H2,1-2H3,(H,23,25). The summed E-state index contributed by atoms with van der Waals surface area (Å²) in [6.45, 7) is 0.554. The van der Waals surface area contributed by atoms with Crippen LogP contribution in [0.2, 0.25) is 0 Å². The first kappa shape index (κ1) is 17.6. The molecule has 0 spiro atoms. The second-order valence-corrected chi connectivity index (χ2v) is 7.04. The van der Waals surface area contributed by atoms with Crippen molar-refractivity contribution in [3.63, 3.8) is 0 Å². The summed E-state index contributed by atoms with van der Waals surface area (Å²) in [4.78, 5) is 15.1. The molecule has 0 saturated heterocycles. The Morgan fingerprint density at radius 2 is 1.76 bits per heavy atom. The summed E-state index contributed by atoms with van der Waals surface area (Å²) in [5, 5.41) is 3.14. The molecular formula is C21H25FN2O. The minimum Gasteiger partial charge on any atom is -0.353 e. The lowest BCUT2D eigenvalue weighted by Crippen LogP contribution is -2.50. The molecule has 0 radical (unpaired) electrons. The van der Waals surface area contributed by atoms with Crippen LogP contribution in [0.3, 0.4) is 0 Å². The van der Waals surface area contributed by atoms with Gasteiger partial charge in [0.1, 0.15) is 5.82 Å². The highest BCUT2D eigenvalue weighted by Gasteiger charge is 2.45. The number of amides is 1. The van der Waals surface area contributed by atoms with Gasteiger partial charge < -0.3 is 10.2 Å². The number of hydrogen-bond donors (Lipinski definition) is 1. The molecule has 1 unspecified atom stereocenters. The van der Waals surface area contributed by atoms with Crippen LogP contribution in [0.25, 0.3) is 0 Å². The Kier molecular flexibility index (Phi) is 5.19. The summed E-state index contributed by atoms with van der Waals surface area (Å²) in [7, 11) is 4.03. The maximum absolute atomic E-state index is 13.2. The highest BCUT2D eigenvalue weighted by atomic mass is 19.1. The van der Waals surface area contributed by atoms with E-state index >= 15 is 0 Å². The lowest BCUT2D eigenvalue weighted by atomic mass is 9.64. The van der Waals surface area contributed by atoms with Gasteiger partial charge in [-0.15, -0.1) is 0 Å². The van der Waals surface area contributed by atoms with Crippen molar-refractivity contribution in [3.05, 3.63) is 71.5 Å². The van der Waals surface area contributed by atoms with Crippen LogP contribution in [-0.4, -0.2) is 31.4 Å². The lowest BCUT2D eigenvalue weighted by molar-refractivity contribution is -0.130. The van der Waals surface area contributed by atoms with Crippen LogP contribution < -0.4 is 5.32 Å². The van der Waals surface area contributed by atoms with E-state index in [4.69, 9.17) is 0 Å². The Morgan fingerprint density at radius 3 is 2.28 bits per heavy atom. The zero-order valence-electron chi connectivity index (χ0n) is 14.8. The van der Waals surface area contributed by atoms with E-state index in [0.717, 1.165) is 24.8 Å². The molecule has 132 valence electrons. The van der Waals surface area contributed by atoms with Gasteiger partial charge in [0.25, 0.3) is 0 Å². The first-order valence-electron chi connectivity index (χ1n) is 8.79. The molecule has 3 rings (SSSR count). The van der Waals surface area contributed by atoms with E-state index in [1.807, 2.05) is 32.3 Å². The highest BCUT2D eigenvalue weighted by molar-refractivity contribution is 5.89. The van der Waals surface area contributed by atoms with Gasteiger partial charge in [-0.3, -0.25) is 4.79 Å². The van der Waals surface area contributed by atoms with Gasteiger partial charge in [-0.1, -0.05) is 48.9 Å². The number of halogens is 1. The molecule has 1 amide bonds. The van der Waals surface area contributed by atoms with Crippen molar-refractivity contribution in [2.24, 2.45) is 0 Å². The van der Waals surface area contributed by atoms with Crippen LogP contribution in [-0.2, 0) is 10.2 Å². The average molecular weight is 340 g/mol. The number of benzene rings is 2. The third-order valence-electron chi connectivity index (χ3n) is 5.30. The van der Waals surface area contributed by atoms with Crippen molar-refractivity contribution in [1.82, 2.24) is 10.2 Å². The molecule has 2 aromatic rings. The molecule has 25 heavy (non-hydrogen) atoms. The third-order valence-corrected chi connectivity index (χ3v) is 5.30. The minimum absolute atomic E-state index is 0.0492. The van der Waals surface area contributed by atoms with Crippen LogP contribution in [0.15, 0.2) is 54.6 Å². The first-order valence-corrected chi connectivity index (χ1v) is 8.79. The van der Waals surface area contributed by atoms with Crippen LogP contribution in [0.5, 0.6) is 0 Å². The van der Waals surface area contributed by atoms with Crippen LogP contribution in [0.1, 0.15) is 36.4 Å². The molecule has 1 N–H and O–H groups in total. The molecule has 1 atom stereocenters. The number of nitrogens with one attached hydrogen (secondary N) is 1. The number of nitrogens with zero attached hydrogens (tertiary/aromatic N) is 1. The summed E-state index contributed by atoms with van der Waals surface area (Å²) in [5.74, 6) is -0.219. The fraction of sp³-hybridized carbons (Fsp3) is 0.381. The van der Waals surface area contributed by atoms with Gasteiger partial charge in [-0.2, -0.15) is 0 Å². The van der Waals surface area contributed by atoms with Gasteiger partial charge in [0, 0.05) is 6.54 Å². The van der Waals surface area contributed by atoms with E-state index in [2.05, 4.69) is 22.3 Å². The Balaban J connectivity index is 1.73. The predicted octanol–water partition coefficient (Wildman–Crippen LogP) is 3.67. The molecule has 1 aliphatic carbocycles. The fourth-order valence-electron chi connectivity index (χ4n) is 3.58. The van der Waals surface area contributed by atoms with Crippen molar-refractivity contribution in [1.29, 1.82) is 0 Å². The molecular weight excluding hydrogens is 315 g/mol. The van der Waals surface area contributed by atoms with Crippen molar-refractivity contribution in [3.8, 4) is 0 Å². The van der Waals surface area contributed by atoms with Crippen molar-refractivity contribution in [2.45, 2.75) is 30.7 Å². The van der Waals surface area contributed by atoms with Crippen molar-refractivity contribution < 1.29 is 9.18 Å². The predicted molar refractivity (Wildman–Crippen MR) is 97.8 cm³/mol. The molecule has 1 aliphatic rings. The van der Waals surface area contributed by atoms with E-state index in [-0.39, 0.29) is 17.8 Å². The van der Waals surface area contributed by atoms with Gasteiger partial charge in [-0.25, -0.2) is 4.39 Å². The second-order valence-electron chi connectivity index (χ2n) is 7.04. The first-order chi connectivity index (χ1) is 12.0. The maximum Gasteiger partial charge on any atom is 0.230 e. The summed E-state index contributed by atoms with van der Waals surface area (Å²) in [5.41, 5.74) is 1.59. The maximum atomic E-state index is 13.2. The number of hydrogen-bond acceptors (Lipinski definition) is 2. The normalized spacial score (nSPS) is 17.0. The Bertz CT molecular complexity index is 708. The van der Waals surface area contributed by atoms with Gasteiger partial charge in [0.2, 0.25) is 5.91 Å². The molecule has 0 aromatic heterocycles. The Hall–Kier alpha value is -2.20. The van der Waals surface area contributed by atoms with E-state index in [1.165, 1.54) is 17.7 Å². The van der Waals surface area contributed by atoms with Gasteiger partial charge >= 0.3 is 0 Å². The zero-order valence-corrected chi connectivity index (χ0v) is 14.8. The molecule has 1 fully saturated rings. The molecule has 4 heteroatoms. The summed E-state index contributed by atoms with van der Waals surface area (Å²) in [6.07, 6.45) is 2.67. The average Bonchev–Trinajstić information content (AvgIpc) is 2.56. The van der Waals surface area contributed by atoms with E-state index in [9.17, 15) is 9.18 Å². The summed E-state index contributed by atoms with van der Waals surface area (Å²) >= 11 is 0. The largest absolute Gasteiger partial charge is 0.353 e. The van der Waals surface area contributed by atoms with Gasteiger partial charge in [0.05, 0.1) is 11.5 Å². The van der Waals surface area contributed by atoms with Crippen LogP contribution in [0, 0.1) is 5.82 Å². The monoisotopic (exact) mass is 340 g/mol. The zero-order chi connectivity index (χ0) is 17.9. The molecule has 0 aliphatic heterocycles. The SMILES string of the molecule is CN(C)C(CNC(=O)C1(c2ccc(F)cc2)CCC1)c1ccccc1. The Morgan fingerprint density at radius 1 is 1.12 bits per heavy atom. The van der Waals surface area contributed by atoms with Crippen molar-refractivity contribution in [2.75, 3.05) is 20.6 Å². The van der Waals surface area contributed by atoms with E-state index < -0.39 is 5.41 Å². The number of carbonyl (C=O) groups is 1. The van der Waals surface area contributed by atoms with Gasteiger partial charge in [0.15, 0.2) is 0 Å². The van der Waals surface area contributed by atoms with E-state index in [0.29, 0.717) is 6.54 Å². The highest BCUT2D eigenvalue weighted by Crippen LogP contribution is 2.44. The molecule has 2 aromatic carbocycles. The summed E-state index contributed by atoms with van der Waals surface area (Å²) in [6, 6.07) is 16.7. The molecule has 0 bridgehead atoms. The van der Waals surface area contributed by atoms with E-state index in [1.54, 1.807) is 12.1 Å². The van der Waals surface area contributed by atoms with Gasteiger partial charge in [-0.05, 0) is 50.2 Å².